The van der Waals surface area contributed by atoms with Crippen LogP contribution in [0.4, 0.5) is 0 Å². The molecule has 0 aromatic heterocycles. The lowest BCUT2D eigenvalue weighted by Gasteiger charge is -2.09. The molecule has 0 aliphatic carbocycles. The van der Waals surface area contributed by atoms with Gasteiger partial charge in [0.2, 0.25) is 0 Å². The fourth-order valence-corrected chi connectivity index (χ4v) is 2.22. The molecule has 0 saturated carbocycles. The van der Waals surface area contributed by atoms with E-state index in [1.807, 2.05) is 31.2 Å². The summed E-state index contributed by atoms with van der Waals surface area (Å²) in [6, 6.07) is 13.4. The first kappa shape index (κ1) is 14.6. The molecule has 104 valence electrons. The van der Waals surface area contributed by atoms with Gasteiger partial charge in [0.05, 0.1) is 12.7 Å². The first-order valence-electron chi connectivity index (χ1n) is 6.27. The number of nitrogens with one attached hydrogen (secondary N) is 1. The van der Waals surface area contributed by atoms with Gasteiger partial charge in [0.25, 0.3) is 5.91 Å². The zero-order valence-corrected chi connectivity index (χ0v) is 13.0. The highest BCUT2D eigenvalue weighted by atomic mass is 79.9. The summed E-state index contributed by atoms with van der Waals surface area (Å²) in [7, 11) is 1.58. The van der Waals surface area contributed by atoms with Gasteiger partial charge in [0.1, 0.15) is 5.75 Å². The van der Waals surface area contributed by atoms with E-state index in [1.165, 1.54) is 5.56 Å². The van der Waals surface area contributed by atoms with Crippen molar-refractivity contribution in [3.63, 3.8) is 0 Å². The van der Waals surface area contributed by atoms with E-state index < -0.39 is 0 Å². The molecule has 0 fully saturated rings. The Labute approximate surface area is 127 Å². The number of amides is 1. The van der Waals surface area contributed by atoms with Gasteiger partial charge >= 0.3 is 0 Å². The van der Waals surface area contributed by atoms with Crippen LogP contribution in [0.15, 0.2) is 46.9 Å². The lowest BCUT2D eigenvalue weighted by atomic mass is 10.1. The Hall–Kier alpha value is -1.81. The van der Waals surface area contributed by atoms with E-state index in [1.54, 1.807) is 25.3 Å². The molecule has 1 amide bonds. The van der Waals surface area contributed by atoms with E-state index in [4.69, 9.17) is 4.74 Å². The lowest BCUT2D eigenvalue weighted by Crippen LogP contribution is -2.23. The topological polar surface area (TPSA) is 38.3 Å². The number of ether oxygens (including phenoxy) is 1. The number of carbonyl (C=O) groups is 1. The van der Waals surface area contributed by atoms with Crippen molar-refractivity contribution in [2.24, 2.45) is 0 Å². The Balaban J connectivity index is 2.06. The summed E-state index contributed by atoms with van der Waals surface area (Å²) in [5, 5.41) is 2.90. The number of hydrogen-bond acceptors (Lipinski definition) is 2. The molecule has 0 saturated heterocycles. The van der Waals surface area contributed by atoms with E-state index >= 15 is 0 Å². The van der Waals surface area contributed by atoms with Gasteiger partial charge in [-0.25, -0.2) is 0 Å². The van der Waals surface area contributed by atoms with Gasteiger partial charge in [0, 0.05) is 11.0 Å². The number of rotatable bonds is 4. The second-order valence-electron chi connectivity index (χ2n) is 4.51. The van der Waals surface area contributed by atoms with Crippen LogP contribution >= 0.6 is 15.9 Å². The molecule has 0 unspecified atom stereocenters. The largest absolute Gasteiger partial charge is 0.497 e. The number of aryl methyl sites for hydroxylation is 1. The quantitative estimate of drug-likeness (QED) is 0.926. The van der Waals surface area contributed by atoms with Crippen molar-refractivity contribution >= 4 is 21.8 Å². The zero-order valence-electron chi connectivity index (χ0n) is 11.4. The maximum absolute atomic E-state index is 12.2. The zero-order chi connectivity index (χ0) is 14.5. The van der Waals surface area contributed by atoms with Gasteiger partial charge in [0.15, 0.2) is 0 Å². The van der Waals surface area contributed by atoms with Crippen molar-refractivity contribution < 1.29 is 9.53 Å². The Morgan fingerprint density at radius 1 is 1.20 bits per heavy atom. The average Bonchev–Trinajstić information content (AvgIpc) is 2.47. The molecule has 0 heterocycles. The summed E-state index contributed by atoms with van der Waals surface area (Å²) < 4.78 is 5.88. The minimum atomic E-state index is -0.128. The first-order valence-corrected chi connectivity index (χ1v) is 7.06. The van der Waals surface area contributed by atoms with Crippen molar-refractivity contribution in [1.82, 2.24) is 5.32 Å². The van der Waals surface area contributed by atoms with Gasteiger partial charge in [-0.3, -0.25) is 4.79 Å². The third kappa shape index (κ3) is 3.61. The lowest BCUT2D eigenvalue weighted by molar-refractivity contribution is 0.0950. The van der Waals surface area contributed by atoms with Crippen molar-refractivity contribution in [3.05, 3.63) is 63.6 Å². The fraction of sp³-hybridized carbons (Fsp3) is 0.188. The van der Waals surface area contributed by atoms with Crippen LogP contribution in [0.3, 0.4) is 0 Å². The molecular weight excluding hydrogens is 318 g/mol. The molecule has 2 aromatic carbocycles. The van der Waals surface area contributed by atoms with E-state index in [9.17, 15) is 4.79 Å². The molecular formula is C16H16BrNO2. The number of carbonyl (C=O) groups excluding carboxylic acids is 1. The second-order valence-corrected chi connectivity index (χ2v) is 5.37. The molecule has 2 aromatic rings. The highest BCUT2D eigenvalue weighted by molar-refractivity contribution is 9.10. The van der Waals surface area contributed by atoms with Crippen LogP contribution in [0.2, 0.25) is 0 Å². The second kappa shape index (κ2) is 6.57. The molecule has 0 bridgehead atoms. The Bertz CT molecular complexity index is 608. The first-order chi connectivity index (χ1) is 9.60. The number of methoxy groups -OCH3 is 1. The molecule has 2 rings (SSSR count). The maximum atomic E-state index is 12.2. The van der Waals surface area contributed by atoms with Gasteiger partial charge in [-0.2, -0.15) is 0 Å². The molecule has 0 aliphatic rings. The molecule has 0 spiro atoms. The van der Waals surface area contributed by atoms with Gasteiger partial charge in [-0.15, -0.1) is 0 Å². The molecule has 0 radical (unpaired) electrons. The van der Waals surface area contributed by atoms with Crippen LogP contribution in [0.25, 0.3) is 0 Å². The van der Waals surface area contributed by atoms with Crippen LogP contribution in [0.1, 0.15) is 21.5 Å². The van der Waals surface area contributed by atoms with Crippen molar-refractivity contribution in [1.29, 1.82) is 0 Å². The summed E-state index contributed by atoms with van der Waals surface area (Å²) in [6.07, 6.45) is 0. The third-order valence-corrected chi connectivity index (χ3v) is 3.68. The SMILES string of the molecule is COc1ccc(Br)c(C(=O)NCc2ccc(C)cc2)c1. The predicted molar refractivity (Wildman–Crippen MR) is 83.0 cm³/mol. The number of benzene rings is 2. The Morgan fingerprint density at radius 2 is 1.90 bits per heavy atom. The summed E-state index contributed by atoms with van der Waals surface area (Å²) >= 11 is 3.38. The van der Waals surface area contributed by atoms with E-state index in [0.29, 0.717) is 17.9 Å². The highest BCUT2D eigenvalue weighted by Gasteiger charge is 2.11. The predicted octanol–water partition coefficient (Wildman–Crippen LogP) is 3.70. The van der Waals surface area contributed by atoms with Gasteiger partial charge in [-0.1, -0.05) is 29.8 Å². The van der Waals surface area contributed by atoms with Crippen LogP contribution in [0, 0.1) is 6.92 Å². The monoisotopic (exact) mass is 333 g/mol. The van der Waals surface area contributed by atoms with E-state index in [0.717, 1.165) is 10.0 Å². The molecule has 1 N–H and O–H groups in total. The molecule has 0 atom stereocenters. The minimum Gasteiger partial charge on any atom is -0.497 e. The van der Waals surface area contributed by atoms with E-state index in [2.05, 4.69) is 21.2 Å². The summed E-state index contributed by atoms with van der Waals surface area (Å²) in [4.78, 5) is 12.2. The molecule has 20 heavy (non-hydrogen) atoms. The smallest absolute Gasteiger partial charge is 0.252 e. The third-order valence-electron chi connectivity index (χ3n) is 2.99. The summed E-state index contributed by atoms with van der Waals surface area (Å²) in [6.45, 7) is 2.54. The van der Waals surface area contributed by atoms with Gasteiger partial charge in [-0.05, 0) is 46.6 Å². The highest BCUT2D eigenvalue weighted by Crippen LogP contribution is 2.22. The van der Waals surface area contributed by atoms with Crippen LogP contribution in [0.5, 0.6) is 5.75 Å². The van der Waals surface area contributed by atoms with Crippen LogP contribution in [-0.2, 0) is 6.54 Å². The van der Waals surface area contributed by atoms with Crippen LogP contribution in [-0.4, -0.2) is 13.0 Å². The maximum Gasteiger partial charge on any atom is 0.252 e. The van der Waals surface area contributed by atoms with E-state index in [-0.39, 0.29) is 5.91 Å². The minimum absolute atomic E-state index is 0.128. The molecule has 4 heteroatoms. The summed E-state index contributed by atoms with van der Waals surface area (Å²) in [5.41, 5.74) is 2.84. The van der Waals surface area contributed by atoms with Gasteiger partial charge < -0.3 is 10.1 Å². The Morgan fingerprint density at radius 3 is 2.55 bits per heavy atom. The standard InChI is InChI=1S/C16H16BrNO2/c1-11-3-5-12(6-4-11)10-18-16(19)14-9-13(20-2)7-8-15(14)17/h3-9H,10H2,1-2H3,(H,18,19). The van der Waals surface area contributed by atoms with Crippen molar-refractivity contribution in [3.8, 4) is 5.75 Å². The molecule has 0 aliphatic heterocycles. The summed E-state index contributed by atoms with van der Waals surface area (Å²) in [5.74, 6) is 0.532. The normalized spacial score (nSPS) is 10.2. The average molecular weight is 334 g/mol. The van der Waals surface area contributed by atoms with Crippen molar-refractivity contribution in [2.75, 3.05) is 7.11 Å². The van der Waals surface area contributed by atoms with Crippen LogP contribution < -0.4 is 10.1 Å². The fourth-order valence-electron chi connectivity index (χ4n) is 1.79. The van der Waals surface area contributed by atoms with Crippen molar-refractivity contribution in [2.45, 2.75) is 13.5 Å². The Kier molecular flexibility index (Phi) is 4.79. The molecule has 3 nitrogen and oxygen atoms in total. The number of halogens is 1. The number of hydrogen-bond donors (Lipinski definition) is 1.